The van der Waals surface area contributed by atoms with E-state index in [1.54, 1.807) is 5.57 Å². The number of aliphatic hydroxyl groups is 2. The minimum atomic E-state index is -0.106. The minimum Gasteiger partial charge on any atom is -0.513 e. The second-order valence-electron chi connectivity index (χ2n) is 9.99. The Bertz CT molecular complexity index is 599. The highest BCUT2D eigenvalue weighted by atomic mass is 16.3. The zero-order valence-electron chi connectivity index (χ0n) is 16.4. The van der Waals surface area contributed by atoms with Gasteiger partial charge in [-0.1, -0.05) is 25.0 Å². The third-order valence-electron chi connectivity index (χ3n) is 8.84. The van der Waals surface area contributed by atoms with Crippen molar-refractivity contribution in [2.24, 2.45) is 28.6 Å². The van der Waals surface area contributed by atoms with Crippen molar-refractivity contribution in [1.29, 1.82) is 0 Å². The molecule has 0 aromatic rings. The lowest BCUT2D eigenvalue weighted by atomic mass is 9.47. The average molecular weight is 345 g/mol. The summed E-state index contributed by atoms with van der Waals surface area (Å²) in [6, 6.07) is 0. The third kappa shape index (κ3) is 2.71. The molecule has 0 amide bonds. The van der Waals surface area contributed by atoms with E-state index < -0.39 is 0 Å². The highest BCUT2D eigenvalue weighted by molar-refractivity contribution is 5.25. The maximum atomic E-state index is 10.1. The van der Waals surface area contributed by atoms with Crippen LogP contribution in [0, 0.1) is 28.6 Å². The van der Waals surface area contributed by atoms with E-state index in [0.717, 1.165) is 37.0 Å². The van der Waals surface area contributed by atoms with Gasteiger partial charge in [0, 0.05) is 0 Å². The molecule has 0 aromatic heterocycles. The second kappa shape index (κ2) is 6.15. The lowest BCUT2D eigenvalue weighted by Gasteiger charge is -2.58. The van der Waals surface area contributed by atoms with E-state index in [0.29, 0.717) is 16.6 Å². The molecule has 0 spiro atoms. The maximum Gasteiger partial charge on any atom is 0.0881 e. The van der Waals surface area contributed by atoms with Gasteiger partial charge in [0.1, 0.15) is 0 Å². The molecule has 0 saturated heterocycles. The molecule has 0 radical (unpaired) electrons. The monoisotopic (exact) mass is 344 g/mol. The Balaban J connectivity index is 1.64. The van der Waals surface area contributed by atoms with Gasteiger partial charge in [-0.15, -0.1) is 0 Å². The van der Waals surface area contributed by atoms with Crippen LogP contribution in [0.15, 0.2) is 23.0 Å². The standard InChI is InChI=1S/C23H36O2/c1-15(16(2)24)14-23-10-4-5-21(23)19-7-6-17-13-18(25)8-11-22(17,3)20(19)9-12-23/h6,18-21,24-25H,4-5,7-14H2,1-3H3/t18-,19+,20-,21-,22-,23-/m0/s1. The Morgan fingerprint density at radius 3 is 2.68 bits per heavy atom. The van der Waals surface area contributed by atoms with Crippen molar-refractivity contribution < 1.29 is 10.2 Å². The number of rotatable bonds is 2. The predicted molar refractivity (Wildman–Crippen MR) is 102 cm³/mol. The molecule has 0 bridgehead atoms. The normalized spacial score (nSPS) is 47.3. The van der Waals surface area contributed by atoms with E-state index in [9.17, 15) is 10.2 Å². The maximum absolute atomic E-state index is 10.1. The fraction of sp³-hybridized carbons (Fsp3) is 0.826. The first-order valence-corrected chi connectivity index (χ1v) is 10.6. The van der Waals surface area contributed by atoms with Crippen LogP contribution in [0.3, 0.4) is 0 Å². The van der Waals surface area contributed by atoms with Crippen LogP contribution in [0.25, 0.3) is 0 Å². The lowest BCUT2D eigenvalue weighted by Crippen LogP contribution is -2.50. The quantitative estimate of drug-likeness (QED) is 0.482. The predicted octanol–water partition coefficient (Wildman–Crippen LogP) is 5.92. The summed E-state index contributed by atoms with van der Waals surface area (Å²) in [5, 5.41) is 20.1. The number of fused-ring (bicyclic) bond motifs is 5. The molecule has 4 rings (SSSR count). The SMILES string of the molecule is CC(O)=C(C)C[C@@]12CCC[C@H]1[C@@H]1CC=C3C[C@@H](O)CC[C@]3(C)[C@H]1CC2. The lowest BCUT2D eigenvalue weighted by molar-refractivity contribution is -0.0432. The molecule has 3 fully saturated rings. The molecule has 0 aliphatic heterocycles. The number of allylic oxidation sites excluding steroid dienone is 3. The fourth-order valence-corrected chi connectivity index (χ4v) is 7.40. The van der Waals surface area contributed by atoms with Crippen LogP contribution in [-0.4, -0.2) is 16.3 Å². The van der Waals surface area contributed by atoms with Gasteiger partial charge < -0.3 is 10.2 Å². The van der Waals surface area contributed by atoms with Crippen LogP contribution < -0.4 is 0 Å². The first kappa shape index (κ1) is 17.6. The van der Waals surface area contributed by atoms with E-state index >= 15 is 0 Å². The van der Waals surface area contributed by atoms with Crippen LogP contribution in [0.5, 0.6) is 0 Å². The van der Waals surface area contributed by atoms with Gasteiger partial charge in [-0.25, -0.2) is 0 Å². The van der Waals surface area contributed by atoms with Gasteiger partial charge in [-0.2, -0.15) is 0 Å². The zero-order chi connectivity index (χ0) is 17.8. The molecule has 25 heavy (non-hydrogen) atoms. The summed E-state index contributed by atoms with van der Waals surface area (Å²) in [4.78, 5) is 0. The molecular formula is C23H36O2. The largest absolute Gasteiger partial charge is 0.513 e. The average Bonchev–Trinajstić information content (AvgIpc) is 2.99. The first-order valence-electron chi connectivity index (χ1n) is 10.6. The molecule has 3 saturated carbocycles. The highest BCUT2D eigenvalue weighted by Crippen LogP contribution is 2.66. The minimum absolute atomic E-state index is 0.106. The topological polar surface area (TPSA) is 40.5 Å². The molecule has 0 heterocycles. The van der Waals surface area contributed by atoms with Crippen molar-refractivity contribution in [3.63, 3.8) is 0 Å². The molecule has 0 unspecified atom stereocenters. The van der Waals surface area contributed by atoms with Gasteiger partial charge in [0.25, 0.3) is 0 Å². The summed E-state index contributed by atoms with van der Waals surface area (Å²) < 4.78 is 0. The van der Waals surface area contributed by atoms with E-state index in [2.05, 4.69) is 19.9 Å². The second-order valence-corrected chi connectivity index (χ2v) is 9.99. The van der Waals surface area contributed by atoms with Gasteiger partial charge in [-0.3, -0.25) is 0 Å². The Kier molecular flexibility index (Phi) is 4.34. The van der Waals surface area contributed by atoms with Crippen molar-refractivity contribution in [1.82, 2.24) is 0 Å². The smallest absolute Gasteiger partial charge is 0.0881 e. The molecular weight excluding hydrogens is 308 g/mol. The summed E-state index contributed by atoms with van der Waals surface area (Å²) in [6.45, 7) is 6.49. The van der Waals surface area contributed by atoms with E-state index in [4.69, 9.17) is 0 Å². The molecule has 2 heteroatoms. The molecule has 2 nitrogen and oxygen atoms in total. The Morgan fingerprint density at radius 1 is 1.12 bits per heavy atom. The molecule has 2 N–H and O–H groups in total. The summed E-state index contributed by atoms with van der Waals surface area (Å²) in [5.74, 6) is 3.02. The van der Waals surface area contributed by atoms with Crippen molar-refractivity contribution in [2.45, 2.75) is 91.1 Å². The first-order chi connectivity index (χ1) is 11.9. The molecule has 0 aromatic carbocycles. The van der Waals surface area contributed by atoms with Gasteiger partial charge in [0.05, 0.1) is 11.9 Å². The zero-order valence-corrected chi connectivity index (χ0v) is 16.4. The molecule has 6 atom stereocenters. The molecule has 4 aliphatic carbocycles. The van der Waals surface area contributed by atoms with Crippen molar-refractivity contribution in [3.8, 4) is 0 Å². The van der Waals surface area contributed by atoms with Gasteiger partial charge in [0.2, 0.25) is 0 Å². The Labute approximate surface area is 153 Å². The van der Waals surface area contributed by atoms with Crippen molar-refractivity contribution in [3.05, 3.63) is 23.0 Å². The summed E-state index contributed by atoms with van der Waals surface area (Å²) in [7, 11) is 0. The summed E-state index contributed by atoms with van der Waals surface area (Å²) >= 11 is 0. The van der Waals surface area contributed by atoms with Crippen LogP contribution in [0.1, 0.15) is 85.0 Å². The van der Waals surface area contributed by atoms with Crippen molar-refractivity contribution >= 4 is 0 Å². The number of hydrogen-bond acceptors (Lipinski definition) is 2. The van der Waals surface area contributed by atoms with Crippen LogP contribution in [0.4, 0.5) is 0 Å². The summed E-state index contributed by atoms with van der Waals surface area (Å²) in [5.41, 5.74) is 3.57. The Morgan fingerprint density at radius 2 is 1.92 bits per heavy atom. The van der Waals surface area contributed by atoms with Gasteiger partial charge >= 0.3 is 0 Å². The van der Waals surface area contributed by atoms with Gasteiger partial charge in [-0.05, 0) is 106 Å². The van der Waals surface area contributed by atoms with Crippen molar-refractivity contribution in [2.75, 3.05) is 0 Å². The third-order valence-corrected chi connectivity index (χ3v) is 8.84. The number of hydrogen-bond donors (Lipinski definition) is 2. The van der Waals surface area contributed by atoms with E-state index in [1.165, 1.54) is 50.5 Å². The summed E-state index contributed by atoms with van der Waals surface area (Å²) in [6.07, 6.45) is 14.6. The van der Waals surface area contributed by atoms with Crippen LogP contribution in [0.2, 0.25) is 0 Å². The van der Waals surface area contributed by atoms with Crippen LogP contribution in [-0.2, 0) is 0 Å². The Hall–Kier alpha value is -0.760. The molecule has 140 valence electrons. The van der Waals surface area contributed by atoms with Gasteiger partial charge in [0.15, 0.2) is 0 Å². The fourth-order valence-electron chi connectivity index (χ4n) is 7.40. The van der Waals surface area contributed by atoms with E-state index in [-0.39, 0.29) is 6.10 Å². The van der Waals surface area contributed by atoms with Crippen LogP contribution >= 0.6 is 0 Å². The number of aliphatic hydroxyl groups excluding tert-OH is 2. The highest BCUT2D eigenvalue weighted by Gasteiger charge is 2.57. The van der Waals surface area contributed by atoms with E-state index in [1.807, 2.05) is 6.92 Å². The molecule has 4 aliphatic rings.